The van der Waals surface area contributed by atoms with E-state index in [2.05, 4.69) is 9.88 Å². The van der Waals surface area contributed by atoms with E-state index in [1.54, 1.807) is 27.5 Å². The Hall–Kier alpha value is -3.07. The minimum absolute atomic E-state index is 0.523. The molecule has 1 fully saturated rings. The van der Waals surface area contributed by atoms with E-state index in [1.807, 2.05) is 23.7 Å². The van der Waals surface area contributed by atoms with Gasteiger partial charge in [-0.05, 0) is 12.1 Å². The van der Waals surface area contributed by atoms with Gasteiger partial charge in [0.25, 0.3) is 0 Å². The molecule has 148 valence electrons. The average Bonchev–Trinajstić information content (AvgIpc) is 3.08. The van der Waals surface area contributed by atoms with E-state index in [9.17, 15) is 0 Å². The molecule has 0 radical (unpaired) electrons. The second-order valence-electron chi connectivity index (χ2n) is 6.35. The summed E-state index contributed by atoms with van der Waals surface area (Å²) < 4.78 is 23.8. The van der Waals surface area contributed by atoms with Gasteiger partial charge in [0.2, 0.25) is 11.7 Å². The molecule has 0 atom stereocenters. The van der Waals surface area contributed by atoms with Crippen molar-refractivity contribution in [3.05, 3.63) is 18.3 Å². The van der Waals surface area contributed by atoms with Crippen LogP contribution in [0.5, 0.6) is 17.2 Å². The lowest BCUT2D eigenvalue weighted by Crippen LogP contribution is -2.37. The Morgan fingerprint density at radius 3 is 2.39 bits per heavy atom. The summed E-state index contributed by atoms with van der Waals surface area (Å²) >= 11 is 0. The molecule has 0 bridgehead atoms. The monoisotopic (exact) mass is 385 g/mol. The van der Waals surface area contributed by atoms with Crippen molar-refractivity contribution in [1.29, 1.82) is 0 Å². The van der Waals surface area contributed by atoms with E-state index < -0.39 is 0 Å². The number of imidazole rings is 1. The zero-order chi connectivity index (χ0) is 19.7. The molecule has 9 nitrogen and oxygen atoms in total. The van der Waals surface area contributed by atoms with Gasteiger partial charge in [0.05, 0.1) is 46.3 Å². The Morgan fingerprint density at radius 2 is 1.71 bits per heavy atom. The third kappa shape index (κ3) is 2.97. The van der Waals surface area contributed by atoms with Gasteiger partial charge in [-0.1, -0.05) is 0 Å². The van der Waals surface area contributed by atoms with Gasteiger partial charge in [-0.15, -0.1) is 0 Å². The Labute approximate surface area is 162 Å². The predicted molar refractivity (Wildman–Crippen MR) is 104 cm³/mol. The third-order valence-corrected chi connectivity index (χ3v) is 4.84. The highest BCUT2D eigenvalue weighted by Crippen LogP contribution is 2.44. The number of ether oxygens (including phenoxy) is 4. The van der Waals surface area contributed by atoms with E-state index in [-0.39, 0.29) is 0 Å². The van der Waals surface area contributed by atoms with Crippen molar-refractivity contribution in [1.82, 2.24) is 19.5 Å². The van der Waals surface area contributed by atoms with Gasteiger partial charge < -0.3 is 28.4 Å². The summed E-state index contributed by atoms with van der Waals surface area (Å²) in [5.41, 5.74) is 2.25. The van der Waals surface area contributed by atoms with Crippen molar-refractivity contribution in [2.24, 2.45) is 7.05 Å². The molecule has 1 saturated heterocycles. The summed E-state index contributed by atoms with van der Waals surface area (Å²) in [5.74, 6) is 3.07. The van der Waals surface area contributed by atoms with Crippen LogP contribution in [-0.2, 0) is 11.8 Å². The van der Waals surface area contributed by atoms with Crippen LogP contribution in [0.4, 0.5) is 5.95 Å². The molecule has 28 heavy (non-hydrogen) atoms. The maximum absolute atomic E-state index is 5.62. The number of hydrogen-bond acceptors (Lipinski definition) is 8. The molecule has 0 amide bonds. The molecule has 0 N–H and O–H groups in total. The summed E-state index contributed by atoms with van der Waals surface area (Å²) in [6.45, 7) is 2.92. The lowest BCUT2D eigenvalue weighted by molar-refractivity contribution is 0.122. The van der Waals surface area contributed by atoms with Crippen LogP contribution in [0.25, 0.3) is 22.6 Å². The Kier molecular flexibility index (Phi) is 4.91. The lowest BCUT2D eigenvalue weighted by atomic mass is 10.1. The molecule has 2 aromatic heterocycles. The summed E-state index contributed by atoms with van der Waals surface area (Å²) in [6.07, 6.45) is 1.75. The quantitative estimate of drug-likeness (QED) is 0.658. The molecule has 9 heteroatoms. The molecule has 1 aliphatic heterocycles. The molecule has 0 unspecified atom stereocenters. The maximum Gasteiger partial charge on any atom is 0.227 e. The number of aryl methyl sites for hydroxylation is 1. The second-order valence-corrected chi connectivity index (χ2v) is 6.35. The normalized spacial score (nSPS) is 14.4. The van der Waals surface area contributed by atoms with Gasteiger partial charge in [-0.2, -0.15) is 4.98 Å². The predicted octanol–water partition coefficient (Wildman–Crippen LogP) is 1.89. The van der Waals surface area contributed by atoms with Crippen molar-refractivity contribution in [3.8, 4) is 28.6 Å². The fourth-order valence-electron chi connectivity index (χ4n) is 3.41. The van der Waals surface area contributed by atoms with E-state index >= 15 is 0 Å². The summed E-state index contributed by atoms with van der Waals surface area (Å²) in [7, 11) is 6.70. The Bertz CT molecular complexity index is 998. The minimum atomic E-state index is 0.523. The first-order valence-electron chi connectivity index (χ1n) is 8.99. The van der Waals surface area contributed by atoms with Crippen LogP contribution < -0.4 is 19.1 Å². The second kappa shape index (κ2) is 7.51. The van der Waals surface area contributed by atoms with E-state index in [1.165, 1.54) is 0 Å². The number of benzene rings is 1. The molecule has 0 spiro atoms. The summed E-state index contributed by atoms with van der Waals surface area (Å²) in [6, 6.07) is 3.73. The van der Waals surface area contributed by atoms with Crippen molar-refractivity contribution >= 4 is 17.1 Å². The van der Waals surface area contributed by atoms with Gasteiger partial charge in [0, 0.05) is 20.1 Å². The summed E-state index contributed by atoms with van der Waals surface area (Å²) in [4.78, 5) is 16.1. The highest BCUT2D eigenvalue weighted by atomic mass is 16.5. The van der Waals surface area contributed by atoms with Crippen molar-refractivity contribution < 1.29 is 18.9 Å². The first kappa shape index (κ1) is 18.3. The van der Waals surface area contributed by atoms with Crippen LogP contribution >= 0.6 is 0 Å². The molecular formula is C19H23N5O4. The number of aromatic nitrogens is 4. The zero-order valence-electron chi connectivity index (χ0n) is 16.4. The third-order valence-electron chi connectivity index (χ3n) is 4.84. The SMILES string of the molecule is COc1ccc(-c2nc3cnc(N4CCOCC4)nc3n2C)c(OC)c1OC. The number of rotatable bonds is 5. The fourth-order valence-corrected chi connectivity index (χ4v) is 3.41. The summed E-state index contributed by atoms with van der Waals surface area (Å²) in [5, 5.41) is 0. The number of nitrogens with zero attached hydrogens (tertiary/aromatic N) is 5. The van der Waals surface area contributed by atoms with Crippen molar-refractivity contribution in [2.75, 3.05) is 52.5 Å². The maximum atomic E-state index is 5.62. The molecule has 4 rings (SSSR count). The number of fused-ring (bicyclic) bond motifs is 1. The van der Waals surface area contributed by atoms with Gasteiger partial charge in [-0.3, -0.25) is 0 Å². The Morgan fingerprint density at radius 1 is 0.964 bits per heavy atom. The topological polar surface area (TPSA) is 83.8 Å². The molecule has 0 aliphatic carbocycles. The Balaban J connectivity index is 1.82. The molecule has 0 saturated carbocycles. The smallest absolute Gasteiger partial charge is 0.227 e. The lowest BCUT2D eigenvalue weighted by Gasteiger charge is -2.26. The first-order valence-corrected chi connectivity index (χ1v) is 8.99. The fraction of sp³-hybridized carbons (Fsp3) is 0.421. The molecule has 1 aromatic carbocycles. The molecular weight excluding hydrogens is 362 g/mol. The molecule has 1 aliphatic rings. The van der Waals surface area contributed by atoms with Crippen LogP contribution in [0.2, 0.25) is 0 Å². The van der Waals surface area contributed by atoms with Gasteiger partial charge in [0.1, 0.15) is 11.3 Å². The van der Waals surface area contributed by atoms with E-state index in [4.69, 9.17) is 28.9 Å². The first-order chi connectivity index (χ1) is 13.7. The van der Waals surface area contributed by atoms with Crippen molar-refractivity contribution in [3.63, 3.8) is 0 Å². The van der Waals surface area contributed by atoms with Gasteiger partial charge in [-0.25, -0.2) is 9.97 Å². The highest BCUT2D eigenvalue weighted by Gasteiger charge is 2.22. The molecule has 3 aromatic rings. The molecule has 3 heterocycles. The van der Waals surface area contributed by atoms with Crippen LogP contribution in [0.1, 0.15) is 0 Å². The number of anilines is 1. The minimum Gasteiger partial charge on any atom is -0.493 e. The highest BCUT2D eigenvalue weighted by molar-refractivity contribution is 5.81. The zero-order valence-corrected chi connectivity index (χ0v) is 16.4. The van der Waals surface area contributed by atoms with Gasteiger partial charge >= 0.3 is 0 Å². The average molecular weight is 385 g/mol. The van der Waals surface area contributed by atoms with Crippen molar-refractivity contribution in [2.45, 2.75) is 0 Å². The van der Waals surface area contributed by atoms with Crippen LogP contribution in [0, 0.1) is 0 Å². The van der Waals surface area contributed by atoms with Crippen LogP contribution in [0.3, 0.4) is 0 Å². The van der Waals surface area contributed by atoms with Crippen LogP contribution in [-0.4, -0.2) is 67.2 Å². The number of methoxy groups -OCH3 is 3. The standard InChI is InChI=1S/C19H23N5O4/c1-23-17(12-5-6-14(25-2)16(27-4)15(12)26-3)21-13-11-20-19(22-18(13)23)24-7-9-28-10-8-24/h5-6,11H,7-10H2,1-4H3. The van der Waals surface area contributed by atoms with Crippen LogP contribution in [0.15, 0.2) is 18.3 Å². The van der Waals surface area contributed by atoms with E-state index in [0.717, 1.165) is 24.3 Å². The largest absolute Gasteiger partial charge is 0.493 e. The van der Waals surface area contributed by atoms with Gasteiger partial charge in [0.15, 0.2) is 17.1 Å². The van der Waals surface area contributed by atoms with E-state index in [0.29, 0.717) is 47.8 Å². The number of hydrogen-bond donors (Lipinski definition) is 0. The number of morpholine rings is 1.